The van der Waals surface area contributed by atoms with Crippen LogP contribution in [0.4, 0.5) is 4.39 Å². The highest BCUT2D eigenvalue weighted by molar-refractivity contribution is 9.10. The highest BCUT2D eigenvalue weighted by Gasteiger charge is 2.11. The summed E-state index contributed by atoms with van der Waals surface area (Å²) in [5, 5.41) is 0.414. The second-order valence-corrected chi connectivity index (χ2v) is 5.20. The molecule has 2 aromatic rings. The van der Waals surface area contributed by atoms with Gasteiger partial charge in [0.25, 0.3) is 0 Å². The van der Waals surface area contributed by atoms with Gasteiger partial charge in [-0.15, -0.1) is 0 Å². The lowest BCUT2D eigenvalue weighted by atomic mass is 10.1. The fourth-order valence-electron chi connectivity index (χ4n) is 1.69. The minimum atomic E-state index is -0.335. The zero-order valence-electron chi connectivity index (χ0n) is 9.97. The van der Waals surface area contributed by atoms with E-state index in [9.17, 15) is 4.39 Å². The summed E-state index contributed by atoms with van der Waals surface area (Å²) in [6.45, 7) is 3.88. The van der Waals surface area contributed by atoms with Gasteiger partial charge in [0.05, 0.1) is 0 Å². The molecule has 0 saturated carbocycles. The van der Waals surface area contributed by atoms with E-state index in [4.69, 9.17) is 11.6 Å². The van der Waals surface area contributed by atoms with E-state index in [2.05, 4.69) is 25.9 Å². The topological polar surface area (TPSA) is 25.8 Å². The fraction of sp³-hybridized carbons (Fsp3) is 0.231. The number of hydrogen-bond acceptors (Lipinski definition) is 2. The van der Waals surface area contributed by atoms with Crippen LogP contribution >= 0.6 is 27.5 Å². The molecule has 94 valence electrons. The predicted molar refractivity (Wildman–Crippen MR) is 74.3 cm³/mol. The molecule has 0 amide bonds. The number of benzene rings is 1. The molecule has 0 spiro atoms. The molecule has 2 nitrogen and oxygen atoms in total. The number of rotatable bonds is 2. The number of hydrogen-bond donors (Lipinski definition) is 0. The molecule has 2 rings (SSSR count). The lowest BCUT2D eigenvalue weighted by Crippen LogP contribution is -1.99. The first-order valence-electron chi connectivity index (χ1n) is 5.50. The maximum Gasteiger partial charge on any atom is 0.161 e. The minimum Gasteiger partial charge on any atom is -0.233 e. The zero-order chi connectivity index (χ0) is 13.3. The summed E-state index contributed by atoms with van der Waals surface area (Å²) < 4.78 is 14.0. The van der Waals surface area contributed by atoms with Gasteiger partial charge in [0, 0.05) is 21.3 Å². The Morgan fingerprint density at radius 2 is 2.00 bits per heavy atom. The van der Waals surface area contributed by atoms with Crippen LogP contribution in [0.5, 0.6) is 0 Å². The summed E-state index contributed by atoms with van der Waals surface area (Å²) in [4.78, 5) is 8.62. The summed E-state index contributed by atoms with van der Waals surface area (Å²) in [5.41, 5.74) is 2.36. The fourth-order valence-corrected chi connectivity index (χ4v) is 2.34. The smallest absolute Gasteiger partial charge is 0.161 e. The van der Waals surface area contributed by atoms with E-state index in [1.165, 1.54) is 12.1 Å². The maximum atomic E-state index is 13.4. The molecular formula is C13H11BrClFN2. The Morgan fingerprint density at radius 3 is 2.61 bits per heavy atom. The van der Waals surface area contributed by atoms with Crippen LogP contribution in [0.25, 0.3) is 11.4 Å². The zero-order valence-corrected chi connectivity index (χ0v) is 12.3. The summed E-state index contributed by atoms with van der Waals surface area (Å²) >= 11 is 9.32. The molecule has 0 N–H and O–H groups in total. The van der Waals surface area contributed by atoms with Crippen molar-refractivity contribution >= 4 is 27.5 Å². The van der Waals surface area contributed by atoms with Crippen molar-refractivity contribution in [2.45, 2.75) is 20.3 Å². The van der Waals surface area contributed by atoms with Gasteiger partial charge in [0.15, 0.2) is 5.82 Å². The highest BCUT2D eigenvalue weighted by atomic mass is 79.9. The first-order chi connectivity index (χ1) is 8.51. The molecule has 0 atom stereocenters. The van der Waals surface area contributed by atoms with Crippen molar-refractivity contribution in [1.29, 1.82) is 0 Å². The number of aromatic nitrogens is 2. The molecule has 1 aromatic carbocycles. The summed E-state index contributed by atoms with van der Waals surface area (Å²) in [5.74, 6) is 0.111. The largest absolute Gasteiger partial charge is 0.233 e. The third-order valence-corrected chi connectivity index (χ3v) is 3.47. The standard InChI is InChI=1S/C13H11BrClFN2/c1-3-11-7(2)12(15)18-13(17-11)8-4-9(14)6-10(16)5-8/h4-6H,3H2,1-2H3. The average molecular weight is 330 g/mol. The lowest BCUT2D eigenvalue weighted by molar-refractivity contribution is 0.627. The van der Waals surface area contributed by atoms with Crippen molar-refractivity contribution in [2.24, 2.45) is 0 Å². The second-order valence-electron chi connectivity index (χ2n) is 3.92. The molecule has 0 fully saturated rings. The molecule has 0 saturated heterocycles. The van der Waals surface area contributed by atoms with E-state index >= 15 is 0 Å². The van der Waals surface area contributed by atoms with E-state index in [-0.39, 0.29) is 5.82 Å². The molecule has 0 radical (unpaired) electrons. The van der Waals surface area contributed by atoms with Gasteiger partial charge in [-0.25, -0.2) is 14.4 Å². The van der Waals surface area contributed by atoms with Crippen molar-refractivity contribution < 1.29 is 4.39 Å². The Bertz CT molecular complexity index is 582. The van der Waals surface area contributed by atoms with E-state index in [0.29, 0.717) is 21.0 Å². The Labute approximate surface area is 118 Å². The third kappa shape index (κ3) is 2.70. The molecule has 0 unspecified atom stereocenters. The van der Waals surface area contributed by atoms with Gasteiger partial charge in [-0.05, 0) is 31.5 Å². The molecule has 5 heteroatoms. The normalized spacial score (nSPS) is 10.7. The number of halogens is 3. The van der Waals surface area contributed by atoms with Crippen LogP contribution in [0.15, 0.2) is 22.7 Å². The van der Waals surface area contributed by atoms with Crippen LogP contribution in [-0.4, -0.2) is 9.97 Å². The van der Waals surface area contributed by atoms with Crippen molar-refractivity contribution in [1.82, 2.24) is 9.97 Å². The summed E-state index contributed by atoms with van der Waals surface area (Å²) in [6, 6.07) is 4.55. The van der Waals surface area contributed by atoms with Gasteiger partial charge >= 0.3 is 0 Å². The Hall–Kier alpha value is -1.00. The summed E-state index contributed by atoms with van der Waals surface area (Å²) in [6.07, 6.45) is 0.761. The van der Waals surface area contributed by atoms with Crippen LogP contribution in [0.1, 0.15) is 18.2 Å². The van der Waals surface area contributed by atoms with Gasteiger partial charge in [0.1, 0.15) is 11.0 Å². The molecular weight excluding hydrogens is 319 g/mol. The van der Waals surface area contributed by atoms with Gasteiger partial charge in [-0.3, -0.25) is 0 Å². The second kappa shape index (κ2) is 5.33. The summed E-state index contributed by atoms with van der Waals surface area (Å²) in [7, 11) is 0. The molecule has 1 aromatic heterocycles. The van der Waals surface area contributed by atoms with Gasteiger partial charge in [-0.1, -0.05) is 34.5 Å². The first kappa shape index (κ1) is 13.4. The maximum absolute atomic E-state index is 13.4. The van der Waals surface area contributed by atoms with E-state index < -0.39 is 0 Å². The van der Waals surface area contributed by atoms with Crippen LogP contribution < -0.4 is 0 Å². The number of nitrogens with zero attached hydrogens (tertiary/aromatic N) is 2. The van der Waals surface area contributed by atoms with E-state index in [1.807, 2.05) is 13.8 Å². The monoisotopic (exact) mass is 328 g/mol. The van der Waals surface area contributed by atoms with Crippen molar-refractivity contribution in [3.8, 4) is 11.4 Å². The lowest BCUT2D eigenvalue weighted by Gasteiger charge is -2.08. The van der Waals surface area contributed by atoms with Crippen molar-refractivity contribution in [3.63, 3.8) is 0 Å². The van der Waals surface area contributed by atoms with E-state index in [1.54, 1.807) is 6.07 Å². The molecule has 0 aliphatic rings. The van der Waals surface area contributed by atoms with Crippen molar-refractivity contribution in [2.75, 3.05) is 0 Å². The van der Waals surface area contributed by atoms with Crippen LogP contribution in [0.3, 0.4) is 0 Å². The van der Waals surface area contributed by atoms with Gasteiger partial charge < -0.3 is 0 Å². The Morgan fingerprint density at radius 1 is 1.28 bits per heavy atom. The third-order valence-electron chi connectivity index (χ3n) is 2.64. The van der Waals surface area contributed by atoms with Gasteiger partial charge in [-0.2, -0.15) is 0 Å². The first-order valence-corrected chi connectivity index (χ1v) is 6.68. The Kier molecular flexibility index (Phi) is 3.97. The molecule has 18 heavy (non-hydrogen) atoms. The minimum absolute atomic E-state index is 0.335. The highest BCUT2D eigenvalue weighted by Crippen LogP contribution is 2.25. The molecule has 1 heterocycles. The SMILES string of the molecule is CCc1nc(-c2cc(F)cc(Br)c2)nc(Cl)c1C. The molecule has 0 bridgehead atoms. The Balaban J connectivity index is 2.60. The van der Waals surface area contributed by atoms with Crippen molar-refractivity contribution in [3.05, 3.63) is 44.9 Å². The van der Waals surface area contributed by atoms with Crippen LogP contribution in [-0.2, 0) is 6.42 Å². The van der Waals surface area contributed by atoms with E-state index in [0.717, 1.165) is 17.7 Å². The quantitative estimate of drug-likeness (QED) is 0.754. The average Bonchev–Trinajstić information content (AvgIpc) is 2.31. The van der Waals surface area contributed by atoms with Crippen LogP contribution in [0.2, 0.25) is 5.15 Å². The number of aryl methyl sites for hydroxylation is 1. The molecule has 0 aliphatic carbocycles. The van der Waals surface area contributed by atoms with Crippen LogP contribution in [0, 0.1) is 12.7 Å². The van der Waals surface area contributed by atoms with Gasteiger partial charge in [0.2, 0.25) is 0 Å². The molecule has 0 aliphatic heterocycles. The predicted octanol–water partition coefficient (Wildman–Crippen LogP) is 4.57.